The van der Waals surface area contributed by atoms with Crippen LogP contribution in [0.5, 0.6) is 5.75 Å². The molecule has 1 aliphatic carbocycles. The number of rotatable bonds is 10. The molecule has 3 aromatic carbocycles. The van der Waals surface area contributed by atoms with Crippen molar-refractivity contribution in [2.45, 2.75) is 25.0 Å². The van der Waals surface area contributed by atoms with Crippen molar-refractivity contribution in [3.05, 3.63) is 115 Å². The highest BCUT2D eigenvalue weighted by molar-refractivity contribution is 14.1. The number of carboxylic acid groups (broad SMARTS) is 1. The van der Waals surface area contributed by atoms with Crippen molar-refractivity contribution in [3.63, 3.8) is 0 Å². The van der Waals surface area contributed by atoms with E-state index in [2.05, 4.69) is 33.2 Å². The van der Waals surface area contributed by atoms with E-state index in [1.54, 1.807) is 18.2 Å². The summed E-state index contributed by atoms with van der Waals surface area (Å²) in [5.74, 6) is -2.13. The van der Waals surface area contributed by atoms with Crippen LogP contribution in [0.4, 0.5) is 4.79 Å². The third-order valence-electron chi connectivity index (χ3n) is 7.21. The lowest BCUT2D eigenvalue weighted by Crippen LogP contribution is -2.50. The van der Waals surface area contributed by atoms with Gasteiger partial charge < -0.3 is 25.2 Å². The summed E-state index contributed by atoms with van der Waals surface area (Å²) in [6.07, 6.45) is -0.454. The number of carboxylic acids is 1. The van der Waals surface area contributed by atoms with E-state index in [9.17, 15) is 29.1 Å². The maximum atomic E-state index is 13.2. The Morgan fingerprint density at radius 1 is 0.977 bits per heavy atom. The van der Waals surface area contributed by atoms with Gasteiger partial charge in [0.1, 0.15) is 25.1 Å². The Balaban J connectivity index is 1.28. The van der Waals surface area contributed by atoms with Gasteiger partial charge in [-0.2, -0.15) is 0 Å². The number of hydrogen-bond acceptors (Lipinski definition) is 7. The number of amides is 2. The summed E-state index contributed by atoms with van der Waals surface area (Å²) in [6, 6.07) is 20.3. The molecule has 0 saturated heterocycles. The van der Waals surface area contributed by atoms with E-state index in [0.29, 0.717) is 11.4 Å². The van der Waals surface area contributed by atoms with Gasteiger partial charge in [0.25, 0.3) is 5.56 Å². The second kappa shape index (κ2) is 13.2. The second-order valence-corrected chi connectivity index (χ2v) is 11.1. The molecule has 1 heterocycles. The number of aromatic nitrogens is 2. The predicted molar refractivity (Wildman–Crippen MR) is 168 cm³/mol. The highest BCUT2D eigenvalue weighted by atomic mass is 127. The number of hydrogen-bond donors (Lipinski definition) is 3. The fourth-order valence-corrected chi connectivity index (χ4v) is 5.62. The molecule has 44 heavy (non-hydrogen) atoms. The topological polar surface area (TPSA) is 158 Å². The molecule has 4 aromatic rings. The van der Waals surface area contributed by atoms with Crippen LogP contribution in [0.15, 0.2) is 88.6 Å². The minimum absolute atomic E-state index is 0.0396. The number of fused-ring (bicyclic) bond motifs is 3. The van der Waals surface area contributed by atoms with Crippen molar-refractivity contribution in [2.24, 2.45) is 0 Å². The monoisotopic (exact) mass is 710 g/mol. The van der Waals surface area contributed by atoms with Crippen molar-refractivity contribution >= 4 is 40.6 Å². The van der Waals surface area contributed by atoms with Gasteiger partial charge in [-0.1, -0.05) is 48.5 Å². The van der Waals surface area contributed by atoms with Crippen LogP contribution >= 0.6 is 22.6 Å². The number of alkyl carbamates (subject to hydrolysis) is 1. The molecule has 1 unspecified atom stereocenters. The maximum Gasteiger partial charge on any atom is 0.407 e. The highest BCUT2D eigenvalue weighted by Crippen LogP contribution is 2.44. The number of aliphatic carboxylic acids is 1. The third-order valence-corrected chi connectivity index (χ3v) is 7.88. The van der Waals surface area contributed by atoms with Gasteiger partial charge in [-0.05, 0) is 63.0 Å². The van der Waals surface area contributed by atoms with Crippen LogP contribution in [0.1, 0.15) is 23.5 Å². The van der Waals surface area contributed by atoms with Gasteiger partial charge in [-0.25, -0.2) is 14.2 Å². The molecule has 0 spiro atoms. The zero-order valence-corrected chi connectivity index (χ0v) is 25.5. The summed E-state index contributed by atoms with van der Waals surface area (Å²) in [7, 11) is 1.44. The summed E-state index contributed by atoms with van der Waals surface area (Å²) in [6.45, 7) is -0.617. The van der Waals surface area contributed by atoms with Gasteiger partial charge >= 0.3 is 17.8 Å². The SMILES string of the molecule is COc1ccc(I)cc1-n1ccc(=O)n(CNC(=O)C(CC(=O)O)NC(=O)OCC2c3ccccc3-c3ccccc32)c1=O. The van der Waals surface area contributed by atoms with E-state index in [1.807, 2.05) is 48.5 Å². The minimum Gasteiger partial charge on any atom is -0.495 e. The molecule has 12 nitrogen and oxygen atoms in total. The normalized spacial score (nSPS) is 12.5. The van der Waals surface area contributed by atoms with Crippen LogP contribution in [0.3, 0.4) is 0 Å². The number of carbonyl (C=O) groups is 3. The molecule has 1 atom stereocenters. The number of halogens is 1. The van der Waals surface area contributed by atoms with Gasteiger partial charge in [0.05, 0.1) is 19.2 Å². The zero-order valence-electron chi connectivity index (χ0n) is 23.4. The fraction of sp³-hybridized carbons (Fsp3) is 0.194. The van der Waals surface area contributed by atoms with Crippen molar-refractivity contribution in [2.75, 3.05) is 13.7 Å². The zero-order chi connectivity index (χ0) is 31.4. The maximum absolute atomic E-state index is 13.2. The molecular weight excluding hydrogens is 683 g/mol. The van der Waals surface area contributed by atoms with Gasteiger partial charge in [0.2, 0.25) is 5.91 Å². The Hall–Kier alpha value is -4.92. The number of methoxy groups -OCH3 is 1. The van der Waals surface area contributed by atoms with E-state index < -0.39 is 48.4 Å². The number of nitrogens with one attached hydrogen (secondary N) is 2. The van der Waals surface area contributed by atoms with E-state index >= 15 is 0 Å². The van der Waals surface area contributed by atoms with Gasteiger partial charge in [-0.15, -0.1) is 0 Å². The van der Waals surface area contributed by atoms with E-state index in [0.717, 1.165) is 36.5 Å². The standard InChI is InChI=1S/C31H27IN4O8/c1-43-26-11-10-18(32)14-25(26)35-13-12-27(37)36(31(35)42)17-33-29(40)24(15-28(38)39)34-30(41)44-16-23-21-8-4-2-6-19(21)20-7-3-5-9-22(20)23/h2-14,23-24H,15-17H2,1H3,(H,33,40)(H,34,41)(H,38,39). The van der Waals surface area contributed by atoms with E-state index in [4.69, 9.17) is 9.47 Å². The first-order valence-corrected chi connectivity index (χ1v) is 14.5. The molecule has 3 N–H and O–H groups in total. The highest BCUT2D eigenvalue weighted by Gasteiger charge is 2.30. The lowest BCUT2D eigenvalue weighted by Gasteiger charge is -2.19. The Bertz CT molecular complexity index is 1820. The molecular formula is C31H27IN4O8. The van der Waals surface area contributed by atoms with Crippen LogP contribution in [-0.2, 0) is 21.0 Å². The molecule has 5 rings (SSSR count). The molecule has 2 amide bonds. The molecule has 0 fully saturated rings. The molecule has 0 radical (unpaired) electrons. The molecule has 1 aliphatic rings. The smallest absolute Gasteiger partial charge is 0.407 e. The van der Waals surface area contributed by atoms with Crippen molar-refractivity contribution in [1.29, 1.82) is 0 Å². The molecule has 13 heteroatoms. The van der Waals surface area contributed by atoms with Crippen molar-refractivity contribution in [1.82, 2.24) is 19.8 Å². The van der Waals surface area contributed by atoms with Crippen LogP contribution in [0, 0.1) is 3.57 Å². The van der Waals surface area contributed by atoms with Crippen molar-refractivity contribution < 1.29 is 29.0 Å². The molecule has 1 aromatic heterocycles. The first-order valence-electron chi connectivity index (χ1n) is 13.5. The number of carbonyl (C=O) groups excluding carboxylic acids is 2. The molecule has 0 saturated carbocycles. The van der Waals surface area contributed by atoms with Crippen LogP contribution in [0.2, 0.25) is 0 Å². The Kier molecular flexibility index (Phi) is 9.13. The quantitative estimate of drug-likeness (QED) is 0.212. The Morgan fingerprint density at radius 2 is 1.64 bits per heavy atom. The van der Waals surface area contributed by atoms with Crippen LogP contribution in [-0.4, -0.2) is 52.0 Å². The number of benzene rings is 3. The third kappa shape index (κ3) is 6.37. The fourth-order valence-electron chi connectivity index (χ4n) is 5.14. The first-order chi connectivity index (χ1) is 21.2. The molecule has 0 aliphatic heterocycles. The minimum atomic E-state index is -1.54. The summed E-state index contributed by atoms with van der Waals surface area (Å²) < 4.78 is 13.6. The predicted octanol–water partition coefficient (Wildman–Crippen LogP) is 3.07. The lowest BCUT2D eigenvalue weighted by atomic mass is 9.98. The van der Waals surface area contributed by atoms with Crippen molar-refractivity contribution in [3.8, 4) is 22.6 Å². The number of ether oxygens (including phenoxy) is 2. The number of nitrogens with zero attached hydrogens (tertiary/aromatic N) is 2. The average molecular weight is 710 g/mol. The largest absolute Gasteiger partial charge is 0.495 e. The Labute approximate surface area is 264 Å². The molecule has 226 valence electrons. The summed E-state index contributed by atoms with van der Waals surface area (Å²) >= 11 is 2.07. The van der Waals surface area contributed by atoms with Crippen LogP contribution in [0.25, 0.3) is 16.8 Å². The van der Waals surface area contributed by atoms with Crippen LogP contribution < -0.4 is 26.6 Å². The average Bonchev–Trinajstić information content (AvgIpc) is 3.33. The summed E-state index contributed by atoms with van der Waals surface area (Å²) in [5.41, 5.74) is 2.97. The summed E-state index contributed by atoms with van der Waals surface area (Å²) in [5, 5.41) is 14.1. The Morgan fingerprint density at radius 3 is 2.27 bits per heavy atom. The van der Waals surface area contributed by atoms with Gasteiger partial charge in [0, 0.05) is 21.8 Å². The first kappa shape index (κ1) is 30.5. The summed E-state index contributed by atoms with van der Waals surface area (Å²) in [4.78, 5) is 63.1. The van der Waals surface area contributed by atoms with Gasteiger partial charge in [-0.3, -0.25) is 19.0 Å². The second-order valence-electron chi connectivity index (χ2n) is 9.87. The van der Waals surface area contributed by atoms with E-state index in [-0.39, 0.29) is 12.5 Å². The van der Waals surface area contributed by atoms with Gasteiger partial charge in [0.15, 0.2) is 0 Å². The lowest BCUT2D eigenvalue weighted by molar-refractivity contribution is -0.139. The van der Waals surface area contributed by atoms with E-state index in [1.165, 1.54) is 17.9 Å². The molecule has 0 bridgehead atoms.